The summed E-state index contributed by atoms with van der Waals surface area (Å²) in [5.74, 6) is 1.82. The van der Waals surface area contributed by atoms with E-state index < -0.39 is 0 Å². The third-order valence-electron chi connectivity index (χ3n) is 3.24. The first-order valence-electron chi connectivity index (χ1n) is 6.59. The number of benzene rings is 2. The van der Waals surface area contributed by atoms with E-state index >= 15 is 0 Å². The van der Waals surface area contributed by atoms with Crippen LogP contribution in [-0.2, 0) is 6.54 Å². The predicted molar refractivity (Wildman–Crippen MR) is 79.9 cm³/mol. The summed E-state index contributed by atoms with van der Waals surface area (Å²) >= 11 is 0. The number of hydrogen-bond acceptors (Lipinski definition) is 2. The molecule has 100 valence electrons. The van der Waals surface area contributed by atoms with Gasteiger partial charge in [-0.1, -0.05) is 23.8 Å². The van der Waals surface area contributed by atoms with Crippen molar-refractivity contribution in [2.24, 2.45) is 0 Å². The van der Waals surface area contributed by atoms with E-state index in [1.165, 1.54) is 16.7 Å². The summed E-state index contributed by atoms with van der Waals surface area (Å²) in [5, 5.41) is 3.17. The molecule has 2 heteroatoms. The van der Waals surface area contributed by atoms with E-state index in [4.69, 9.17) is 4.74 Å². The lowest BCUT2D eigenvalue weighted by molar-refractivity contribution is 0.478. The van der Waals surface area contributed by atoms with Gasteiger partial charge < -0.3 is 10.1 Å². The molecule has 0 fully saturated rings. The molecule has 0 saturated heterocycles. The second-order valence-electron chi connectivity index (χ2n) is 4.99. The van der Waals surface area contributed by atoms with Crippen molar-refractivity contribution in [2.45, 2.75) is 27.3 Å². The Kier molecular flexibility index (Phi) is 4.23. The van der Waals surface area contributed by atoms with Crippen LogP contribution in [0, 0.1) is 20.8 Å². The van der Waals surface area contributed by atoms with E-state index in [9.17, 15) is 0 Å². The van der Waals surface area contributed by atoms with Gasteiger partial charge in [0.15, 0.2) is 0 Å². The van der Waals surface area contributed by atoms with Gasteiger partial charge in [-0.2, -0.15) is 0 Å². The van der Waals surface area contributed by atoms with E-state index in [1.54, 1.807) is 0 Å². The molecule has 0 aliphatic rings. The average molecular weight is 255 g/mol. The molecule has 0 amide bonds. The molecule has 2 nitrogen and oxygen atoms in total. The highest BCUT2D eigenvalue weighted by Crippen LogP contribution is 2.27. The Hall–Kier alpha value is -1.80. The average Bonchev–Trinajstić information content (AvgIpc) is 2.36. The van der Waals surface area contributed by atoms with E-state index in [1.807, 2.05) is 19.2 Å². The van der Waals surface area contributed by atoms with Crippen molar-refractivity contribution in [1.82, 2.24) is 5.32 Å². The molecule has 2 rings (SSSR count). The summed E-state index contributed by atoms with van der Waals surface area (Å²) in [6, 6.07) is 12.5. The number of aryl methyl sites for hydroxylation is 3. The molecule has 2 aromatic carbocycles. The monoisotopic (exact) mass is 255 g/mol. The van der Waals surface area contributed by atoms with Gasteiger partial charge in [-0.3, -0.25) is 0 Å². The molecule has 0 aliphatic heterocycles. The zero-order valence-corrected chi connectivity index (χ0v) is 12.1. The van der Waals surface area contributed by atoms with Crippen molar-refractivity contribution in [2.75, 3.05) is 7.05 Å². The lowest BCUT2D eigenvalue weighted by Crippen LogP contribution is -2.06. The summed E-state index contributed by atoms with van der Waals surface area (Å²) in [5.41, 5.74) is 4.97. The van der Waals surface area contributed by atoms with Crippen molar-refractivity contribution in [1.29, 1.82) is 0 Å². The van der Waals surface area contributed by atoms with E-state index in [0.717, 1.165) is 23.6 Å². The van der Waals surface area contributed by atoms with Gasteiger partial charge in [-0.25, -0.2) is 0 Å². The maximum absolute atomic E-state index is 5.96. The van der Waals surface area contributed by atoms with Gasteiger partial charge in [0.2, 0.25) is 0 Å². The minimum atomic E-state index is 0.885. The molecule has 0 atom stereocenters. The van der Waals surface area contributed by atoms with Crippen LogP contribution in [0.25, 0.3) is 0 Å². The number of rotatable bonds is 4. The summed E-state index contributed by atoms with van der Waals surface area (Å²) in [4.78, 5) is 0. The predicted octanol–water partition coefficient (Wildman–Crippen LogP) is 4.12. The Morgan fingerprint density at radius 1 is 0.947 bits per heavy atom. The number of hydrogen-bond donors (Lipinski definition) is 1. The smallest absolute Gasteiger partial charge is 0.130 e. The quantitative estimate of drug-likeness (QED) is 0.887. The Labute approximate surface area is 115 Å². The Morgan fingerprint density at radius 3 is 2.37 bits per heavy atom. The van der Waals surface area contributed by atoms with Crippen LogP contribution in [0.4, 0.5) is 0 Å². The third-order valence-corrected chi connectivity index (χ3v) is 3.24. The van der Waals surface area contributed by atoms with E-state index in [0.29, 0.717) is 0 Å². The largest absolute Gasteiger partial charge is 0.457 e. The van der Waals surface area contributed by atoms with Crippen LogP contribution in [-0.4, -0.2) is 7.05 Å². The molecule has 0 bridgehead atoms. The van der Waals surface area contributed by atoms with Crippen LogP contribution >= 0.6 is 0 Å². The molecular weight excluding hydrogens is 234 g/mol. The molecule has 0 aliphatic carbocycles. The molecule has 0 saturated carbocycles. The SMILES string of the molecule is CNCc1ccc(Oc2ccc(C)cc2C)cc1C. The van der Waals surface area contributed by atoms with Gasteiger partial charge >= 0.3 is 0 Å². The third kappa shape index (κ3) is 3.36. The van der Waals surface area contributed by atoms with E-state index in [-0.39, 0.29) is 0 Å². The van der Waals surface area contributed by atoms with Crippen LogP contribution in [0.2, 0.25) is 0 Å². The van der Waals surface area contributed by atoms with Crippen molar-refractivity contribution in [3.05, 3.63) is 58.7 Å². The van der Waals surface area contributed by atoms with Crippen molar-refractivity contribution < 1.29 is 4.74 Å². The molecule has 19 heavy (non-hydrogen) atoms. The fraction of sp³-hybridized carbons (Fsp3) is 0.294. The normalized spacial score (nSPS) is 10.5. The van der Waals surface area contributed by atoms with Crippen molar-refractivity contribution >= 4 is 0 Å². The lowest BCUT2D eigenvalue weighted by atomic mass is 10.1. The first-order chi connectivity index (χ1) is 9.10. The summed E-state index contributed by atoms with van der Waals surface area (Å²) in [6.45, 7) is 7.16. The number of ether oxygens (including phenoxy) is 1. The van der Waals surface area contributed by atoms with Crippen LogP contribution in [0.1, 0.15) is 22.3 Å². The van der Waals surface area contributed by atoms with Gasteiger partial charge in [0, 0.05) is 6.54 Å². The van der Waals surface area contributed by atoms with Gasteiger partial charge in [-0.05, 0) is 62.7 Å². The topological polar surface area (TPSA) is 21.3 Å². The highest BCUT2D eigenvalue weighted by atomic mass is 16.5. The van der Waals surface area contributed by atoms with Crippen LogP contribution in [0.3, 0.4) is 0 Å². The number of nitrogens with one attached hydrogen (secondary N) is 1. The standard InChI is InChI=1S/C17H21NO/c1-12-5-8-17(14(3)9-12)19-16-7-6-15(11-18-4)13(2)10-16/h5-10,18H,11H2,1-4H3. The van der Waals surface area contributed by atoms with Crippen molar-refractivity contribution in [3.8, 4) is 11.5 Å². The fourth-order valence-electron chi connectivity index (χ4n) is 2.16. The second-order valence-corrected chi connectivity index (χ2v) is 4.99. The molecule has 1 N–H and O–H groups in total. The Morgan fingerprint density at radius 2 is 1.74 bits per heavy atom. The molecule has 0 radical (unpaired) electrons. The highest BCUT2D eigenvalue weighted by molar-refractivity contribution is 5.41. The molecular formula is C17H21NO. The fourth-order valence-corrected chi connectivity index (χ4v) is 2.16. The zero-order chi connectivity index (χ0) is 13.8. The Bertz CT molecular complexity index is 575. The summed E-state index contributed by atoms with van der Waals surface area (Å²) in [7, 11) is 1.96. The van der Waals surface area contributed by atoms with Gasteiger partial charge in [0.1, 0.15) is 11.5 Å². The lowest BCUT2D eigenvalue weighted by Gasteiger charge is -2.12. The molecule has 0 unspecified atom stereocenters. The summed E-state index contributed by atoms with van der Waals surface area (Å²) in [6.07, 6.45) is 0. The van der Waals surface area contributed by atoms with Gasteiger partial charge in [0.25, 0.3) is 0 Å². The minimum Gasteiger partial charge on any atom is -0.457 e. The van der Waals surface area contributed by atoms with Crippen LogP contribution < -0.4 is 10.1 Å². The second kappa shape index (κ2) is 5.89. The minimum absolute atomic E-state index is 0.885. The first kappa shape index (κ1) is 13.6. The maximum Gasteiger partial charge on any atom is 0.130 e. The van der Waals surface area contributed by atoms with Crippen molar-refractivity contribution in [3.63, 3.8) is 0 Å². The van der Waals surface area contributed by atoms with Gasteiger partial charge in [-0.15, -0.1) is 0 Å². The van der Waals surface area contributed by atoms with Gasteiger partial charge in [0.05, 0.1) is 0 Å². The molecule has 2 aromatic rings. The maximum atomic E-state index is 5.96. The van der Waals surface area contributed by atoms with Crippen LogP contribution in [0.5, 0.6) is 11.5 Å². The van der Waals surface area contributed by atoms with Crippen LogP contribution in [0.15, 0.2) is 36.4 Å². The Balaban J connectivity index is 2.21. The molecule has 0 aromatic heterocycles. The van der Waals surface area contributed by atoms with E-state index in [2.05, 4.69) is 50.4 Å². The molecule has 0 heterocycles. The first-order valence-corrected chi connectivity index (χ1v) is 6.59. The highest BCUT2D eigenvalue weighted by Gasteiger charge is 2.04. The molecule has 0 spiro atoms. The zero-order valence-electron chi connectivity index (χ0n) is 12.1. The summed E-state index contributed by atoms with van der Waals surface area (Å²) < 4.78 is 5.96.